The van der Waals surface area contributed by atoms with Crippen molar-refractivity contribution in [1.82, 2.24) is 19.6 Å². The number of benzene rings is 2. The van der Waals surface area contributed by atoms with Gasteiger partial charge in [-0.25, -0.2) is 9.97 Å². The monoisotopic (exact) mass is 381 g/mol. The highest BCUT2D eigenvalue weighted by Crippen LogP contribution is 2.24. The molecular formula is C18H16BrN5. The Morgan fingerprint density at radius 3 is 2.58 bits per heavy atom. The fourth-order valence-corrected chi connectivity index (χ4v) is 3.04. The van der Waals surface area contributed by atoms with Crippen molar-refractivity contribution in [2.45, 2.75) is 19.9 Å². The van der Waals surface area contributed by atoms with Gasteiger partial charge in [-0.3, -0.25) is 0 Å². The van der Waals surface area contributed by atoms with Gasteiger partial charge in [0, 0.05) is 9.86 Å². The summed E-state index contributed by atoms with van der Waals surface area (Å²) in [4.78, 5) is 9.30. The summed E-state index contributed by atoms with van der Waals surface area (Å²) in [5, 5.41) is 8.96. The van der Waals surface area contributed by atoms with Gasteiger partial charge in [0.1, 0.15) is 5.82 Å². The van der Waals surface area contributed by atoms with Crippen LogP contribution in [0.1, 0.15) is 24.4 Å². The SMILES string of the molecule is Cc1nc2c3ccccc3nc(NC(C)c3ccc(Br)cc3)n2n1. The van der Waals surface area contributed by atoms with Crippen molar-refractivity contribution in [3.05, 3.63) is 64.4 Å². The van der Waals surface area contributed by atoms with Crippen molar-refractivity contribution < 1.29 is 0 Å². The second-order valence-electron chi connectivity index (χ2n) is 5.76. The smallest absolute Gasteiger partial charge is 0.226 e. The summed E-state index contributed by atoms with van der Waals surface area (Å²) in [6.07, 6.45) is 0. The molecule has 0 spiro atoms. The molecule has 5 nitrogen and oxygen atoms in total. The van der Waals surface area contributed by atoms with Crippen LogP contribution >= 0.6 is 15.9 Å². The topological polar surface area (TPSA) is 55.1 Å². The molecule has 6 heteroatoms. The fraction of sp³-hybridized carbons (Fsp3) is 0.167. The molecule has 24 heavy (non-hydrogen) atoms. The molecule has 2 aromatic heterocycles. The van der Waals surface area contributed by atoms with Gasteiger partial charge in [0.05, 0.1) is 11.6 Å². The van der Waals surface area contributed by atoms with Gasteiger partial charge in [0.25, 0.3) is 0 Å². The molecule has 0 saturated carbocycles. The predicted octanol–water partition coefficient (Wildman–Crippen LogP) is 4.52. The standard InChI is InChI=1S/C18H16BrN5/c1-11(13-7-9-14(19)10-8-13)20-18-22-16-6-4-3-5-15(16)17-21-12(2)23-24(17)18/h3-11H,1-2H3,(H,20,22). The Morgan fingerprint density at radius 2 is 1.79 bits per heavy atom. The maximum Gasteiger partial charge on any atom is 0.226 e. The molecule has 0 bridgehead atoms. The van der Waals surface area contributed by atoms with Crippen LogP contribution in [0.5, 0.6) is 0 Å². The summed E-state index contributed by atoms with van der Waals surface area (Å²) < 4.78 is 2.85. The van der Waals surface area contributed by atoms with Gasteiger partial charge in [-0.1, -0.05) is 40.2 Å². The number of fused-ring (bicyclic) bond motifs is 3. The first-order chi connectivity index (χ1) is 11.6. The molecule has 0 aliphatic heterocycles. The van der Waals surface area contributed by atoms with Gasteiger partial charge in [-0.05, 0) is 43.7 Å². The third kappa shape index (κ3) is 2.63. The normalized spacial score (nSPS) is 12.6. The Morgan fingerprint density at radius 1 is 1.04 bits per heavy atom. The van der Waals surface area contributed by atoms with Crippen LogP contribution in [0.3, 0.4) is 0 Å². The lowest BCUT2D eigenvalue weighted by molar-refractivity contribution is 0.825. The number of halogens is 1. The lowest BCUT2D eigenvalue weighted by Gasteiger charge is -2.16. The first-order valence-corrected chi connectivity index (χ1v) is 8.55. The van der Waals surface area contributed by atoms with Crippen molar-refractivity contribution in [2.75, 3.05) is 5.32 Å². The van der Waals surface area contributed by atoms with E-state index >= 15 is 0 Å². The van der Waals surface area contributed by atoms with Crippen LogP contribution in [0.4, 0.5) is 5.95 Å². The molecule has 4 aromatic rings. The molecule has 0 aliphatic rings. The number of aromatic nitrogens is 4. The van der Waals surface area contributed by atoms with Gasteiger partial charge in [-0.2, -0.15) is 4.52 Å². The molecule has 0 fully saturated rings. The summed E-state index contributed by atoms with van der Waals surface area (Å²) in [6.45, 7) is 4.00. The highest BCUT2D eigenvalue weighted by molar-refractivity contribution is 9.10. The third-order valence-electron chi connectivity index (χ3n) is 4.00. The molecule has 2 heterocycles. The van der Waals surface area contributed by atoms with E-state index in [1.54, 1.807) is 4.52 Å². The van der Waals surface area contributed by atoms with Crippen molar-refractivity contribution in [3.8, 4) is 0 Å². The van der Waals surface area contributed by atoms with Crippen LogP contribution in [-0.4, -0.2) is 19.6 Å². The Bertz CT molecular complexity index is 1020. The number of hydrogen-bond acceptors (Lipinski definition) is 4. The maximum atomic E-state index is 4.74. The molecule has 0 radical (unpaired) electrons. The average molecular weight is 382 g/mol. The number of nitrogens with one attached hydrogen (secondary N) is 1. The first-order valence-electron chi connectivity index (χ1n) is 7.76. The van der Waals surface area contributed by atoms with Crippen LogP contribution in [0.25, 0.3) is 16.6 Å². The van der Waals surface area contributed by atoms with Crippen molar-refractivity contribution in [1.29, 1.82) is 0 Å². The highest BCUT2D eigenvalue weighted by Gasteiger charge is 2.14. The minimum absolute atomic E-state index is 0.0967. The van der Waals surface area contributed by atoms with Gasteiger partial charge in [0.2, 0.25) is 5.95 Å². The second-order valence-corrected chi connectivity index (χ2v) is 6.68. The predicted molar refractivity (Wildman–Crippen MR) is 99.2 cm³/mol. The van der Waals surface area contributed by atoms with Gasteiger partial charge >= 0.3 is 0 Å². The van der Waals surface area contributed by atoms with E-state index in [2.05, 4.69) is 50.4 Å². The number of aryl methyl sites for hydroxylation is 1. The van der Waals surface area contributed by atoms with Gasteiger partial charge in [0.15, 0.2) is 5.65 Å². The number of rotatable bonds is 3. The Kier molecular flexibility index (Phi) is 3.69. The van der Waals surface area contributed by atoms with Crippen LogP contribution in [-0.2, 0) is 0 Å². The Hall–Kier alpha value is -2.47. The van der Waals surface area contributed by atoms with E-state index in [0.717, 1.165) is 26.8 Å². The molecule has 1 atom stereocenters. The van der Waals surface area contributed by atoms with E-state index in [1.165, 1.54) is 5.56 Å². The molecule has 1 N–H and O–H groups in total. The molecule has 0 amide bonds. The minimum atomic E-state index is 0.0967. The zero-order valence-electron chi connectivity index (χ0n) is 13.4. The molecule has 120 valence electrons. The fourth-order valence-electron chi connectivity index (χ4n) is 2.78. The van der Waals surface area contributed by atoms with Crippen LogP contribution in [0.2, 0.25) is 0 Å². The lowest BCUT2D eigenvalue weighted by Crippen LogP contribution is -2.12. The van der Waals surface area contributed by atoms with E-state index in [4.69, 9.17) is 4.98 Å². The number of hydrogen-bond donors (Lipinski definition) is 1. The minimum Gasteiger partial charge on any atom is -0.348 e. The summed E-state index contributed by atoms with van der Waals surface area (Å²) in [7, 11) is 0. The van der Waals surface area contributed by atoms with E-state index in [0.29, 0.717) is 5.95 Å². The second kappa shape index (κ2) is 5.87. The van der Waals surface area contributed by atoms with Gasteiger partial charge < -0.3 is 5.32 Å². The van der Waals surface area contributed by atoms with Crippen LogP contribution in [0, 0.1) is 6.92 Å². The first kappa shape index (κ1) is 15.1. The maximum absolute atomic E-state index is 4.74. The third-order valence-corrected chi connectivity index (χ3v) is 4.53. The molecule has 2 aromatic carbocycles. The van der Waals surface area contributed by atoms with Crippen LogP contribution < -0.4 is 5.32 Å². The molecule has 4 rings (SSSR count). The largest absolute Gasteiger partial charge is 0.348 e. The molecule has 0 saturated heterocycles. The van der Waals surface area contributed by atoms with Crippen molar-refractivity contribution >= 4 is 38.4 Å². The van der Waals surface area contributed by atoms with Gasteiger partial charge in [-0.15, -0.1) is 5.10 Å². The highest BCUT2D eigenvalue weighted by atomic mass is 79.9. The number of anilines is 1. The molecular weight excluding hydrogens is 366 g/mol. The summed E-state index contributed by atoms with van der Waals surface area (Å²) in [5.41, 5.74) is 2.91. The Labute approximate surface area is 147 Å². The van der Waals surface area contributed by atoms with Crippen molar-refractivity contribution in [2.24, 2.45) is 0 Å². The van der Waals surface area contributed by atoms with E-state index in [9.17, 15) is 0 Å². The summed E-state index contributed by atoms with van der Waals surface area (Å²) >= 11 is 3.47. The summed E-state index contributed by atoms with van der Waals surface area (Å²) in [6, 6.07) is 16.3. The van der Waals surface area contributed by atoms with E-state index in [-0.39, 0.29) is 6.04 Å². The lowest BCUT2D eigenvalue weighted by atomic mass is 10.1. The molecule has 0 aliphatic carbocycles. The van der Waals surface area contributed by atoms with E-state index in [1.807, 2.05) is 43.3 Å². The zero-order chi connectivity index (χ0) is 16.7. The van der Waals surface area contributed by atoms with E-state index < -0.39 is 0 Å². The molecule has 1 unspecified atom stereocenters. The number of para-hydroxylation sites is 1. The Balaban J connectivity index is 1.81. The summed E-state index contributed by atoms with van der Waals surface area (Å²) in [5.74, 6) is 1.42. The number of nitrogens with zero attached hydrogens (tertiary/aromatic N) is 4. The quantitative estimate of drug-likeness (QED) is 0.566. The van der Waals surface area contributed by atoms with Crippen molar-refractivity contribution in [3.63, 3.8) is 0 Å². The zero-order valence-corrected chi connectivity index (χ0v) is 14.9. The van der Waals surface area contributed by atoms with Crippen LogP contribution in [0.15, 0.2) is 53.0 Å². The average Bonchev–Trinajstić information content (AvgIpc) is 2.97.